The number of rotatable bonds is 2. The Morgan fingerprint density at radius 2 is 1.76 bits per heavy atom. The van der Waals surface area contributed by atoms with E-state index < -0.39 is 23.1 Å². The van der Waals surface area contributed by atoms with E-state index >= 15 is 0 Å². The summed E-state index contributed by atoms with van der Waals surface area (Å²) in [4.78, 5) is 12.0. The molecular weight excluding hydrogens is 282 g/mol. The summed E-state index contributed by atoms with van der Waals surface area (Å²) in [6, 6.07) is 6.09. The van der Waals surface area contributed by atoms with Crippen LogP contribution >= 0.6 is 0 Å². The highest BCUT2D eigenvalue weighted by atomic mass is 19.1. The van der Waals surface area contributed by atoms with Crippen LogP contribution in [0.2, 0.25) is 0 Å². The fourth-order valence-electron chi connectivity index (χ4n) is 1.97. The van der Waals surface area contributed by atoms with Crippen LogP contribution < -0.4 is 20.5 Å². The van der Waals surface area contributed by atoms with E-state index in [1.807, 2.05) is 0 Å². The van der Waals surface area contributed by atoms with Crippen molar-refractivity contribution in [2.75, 3.05) is 17.8 Å². The summed E-state index contributed by atoms with van der Waals surface area (Å²) >= 11 is 0. The van der Waals surface area contributed by atoms with Gasteiger partial charge < -0.3 is 20.5 Å². The van der Waals surface area contributed by atoms with Crippen LogP contribution in [0.3, 0.4) is 0 Å². The lowest BCUT2D eigenvalue weighted by Crippen LogP contribution is -2.16. The standard InChI is InChI=1S/C14H10F2N2O3/c15-7-2-1-3-8(16)13(7)14(19)18-10-5-12-11(4-9(10)17)20-6-21-12/h1-5H,6,17H2,(H,18,19). The van der Waals surface area contributed by atoms with Crippen molar-refractivity contribution < 1.29 is 23.0 Å². The first kappa shape index (κ1) is 13.2. The maximum absolute atomic E-state index is 13.5. The Labute approximate surface area is 118 Å². The molecule has 2 aromatic rings. The maximum atomic E-state index is 13.5. The normalized spacial score (nSPS) is 12.3. The molecule has 0 saturated heterocycles. The third kappa shape index (κ3) is 2.33. The number of hydrogen-bond acceptors (Lipinski definition) is 4. The minimum absolute atomic E-state index is 0.0497. The Kier molecular flexibility index (Phi) is 3.09. The number of carbonyl (C=O) groups excluding carboxylic acids is 1. The molecule has 0 spiro atoms. The Balaban J connectivity index is 1.92. The monoisotopic (exact) mass is 292 g/mol. The van der Waals surface area contributed by atoms with Gasteiger partial charge in [0, 0.05) is 12.1 Å². The summed E-state index contributed by atoms with van der Waals surface area (Å²) in [6.45, 7) is 0.0497. The third-order valence-corrected chi connectivity index (χ3v) is 2.98. The number of ether oxygens (including phenoxy) is 2. The Morgan fingerprint density at radius 3 is 2.43 bits per heavy atom. The number of benzene rings is 2. The zero-order valence-electron chi connectivity index (χ0n) is 10.7. The number of amides is 1. The fraction of sp³-hybridized carbons (Fsp3) is 0.0714. The number of hydrogen-bond donors (Lipinski definition) is 2. The van der Waals surface area contributed by atoms with Crippen molar-refractivity contribution in [3.05, 3.63) is 47.5 Å². The quantitative estimate of drug-likeness (QED) is 0.834. The van der Waals surface area contributed by atoms with E-state index in [4.69, 9.17) is 15.2 Å². The molecule has 108 valence electrons. The molecular formula is C14H10F2N2O3. The van der Waals surface area contributed by atoms with Crippen molar-refractivity contribution in [1.82, 2.24) is 0 Å². The molecule has 3 rings (SSSR count). The highest BCUT2D eigenvalue weighted by molar-refractivity contribution is 6.06. The van der Waals surface area contributed by atoms with Crippen LogP contribution in [0.15, 0.2) is 30.3 Å². The number of nitrogen functional groups attached to an aromatic ring is 1. The summed E-state index contributed by atoms with van der Waals surface area (Å²) < 4.78 is 37.4. The van der Waals surface area contributed by atoms with Crippen LogP contribution in [0.5, 0.6) is 11.5 Å². The Hall–Kier alpha value is -2.83. The summed E-state index contributed by atoms with van der Waals surface area (Å²) in [6.07, 6.45) is 0. The molecule has 0 fully saturated rings. The van der Waals surface area contributed by atoms with Crippen LogP contribution in [0.25, 0.3) is 0 Å². The molecule has 3 N–H and O–H groups in total. The zero-order chi connectivity index (χ0) is 15.0. The molecule has 0 aromatic heterocycles. The first-order valence-corrected chi connectivity index (χ1v) is 6.01. The molecule has 0 unspecified atom stereocenters. The van der Waals surface area contributed by atoms with Crippen LogP contribution in [-0.4, -0.2) is 12.7 Å². The molecule has 0 aliphatic carbocycles. The second kappa shape index (κ2) is 4.93. The molecule has 1 heterocycles. The van der Waals surface area contributed by atoms with Gasteiger partial charge in [0.25, 0.3) is 5.91 Å². The van der Waals surface area contributed by atoms with Gasteiger partial charge in [-0.05, 0) is 12.1 Å². The minimum Gasteiger partial charge on any atom is -0.454 e. The first-order chi connectivity index (χ1) is 10.1. The van der Waals surface area contributed by atoms with Gasteiger partial charge in [-0.1, -0.05) is 6.07 Å². The number of anilines is 2. The van der Waals surface area contributed by atoms with Gasteiger partial charge in [0.1, 0.15) is 17.2 Å². The van der Waals surface area contributed by atoms with E-state index in [9.17, 15) is 13.6 Å². The Bertz CT molecular complexity index is 714. The molecule has 5 nitrogen and oxygen atoms in total. The number of halogens is 2. The SMILES string of the molecule is Nc1cc2c(cc1NC(=O)c1c(F)cccc1F)OCO2. The van der Waals surface area contributed by atoms with Crippen molar-refractivity contribution in [1.29, 1.82) is 0 Å². The molecule has 1 aliphatic rings. The van der Waals surface area contributed by atoms with E-state index in [-0.39, 0.29) is 18.2 Å². The first-order valence-electron chi connectivity index (χ1n) is 6.01. The highest BCUT2D eigenvalue weighted by Crippen LogP contribution is 2.38. The van der Waals surface area contributed by atoms with E-state index in [0.717, 1.165) is 12.1 Å². The second-order valence-corrected chi connectivity index (χ2v) is 4.34. The molecule has 21 heavy (non-hydrogen) atoms. The topological polar surface area (TPSA) is 73.6 Å². The molecule has 1 aliphatic heterocycles. The summed E-state index contributed by atoms with van der Waals surface area (Å²) in [5.41, 5.74) is 5.47. The van der Waals surface area contributed by atoms with Gasteiger partial charge in [0.05, 0.1) is 11.4 Å². The fourth-order valence-corrected chi connectivity index (χ4v) is 1.97. The number of nitrogens with two attached hydrogens (primary N) is 1. The van der Waals surface area contributed by atoms with E-state index in [1.165, 1.54) is 18.2 Å². The van der Waals surface area contributed by atoms with Crippen LogP contribution in [0.4, 0.5) is 20.2 Å². The average molecular weight is 292 g/mol. The molecule has 0 saturated carbocycles. The number of fused-ring (bicyclic) bond motifs is 1. The molecule has 0 radical (unpaired) electrons. The molecule has 0 atom stereocenters. The maximum Gasteiger partial charge on any atom is 0.261 e. The van der Waals surface area contributed by atoms with Gasteiger partial charge in [-0.15, -0.1) is 0 Å². The highest BCUT2D eigenvalue weighted by Gasteiger charge is 2.21. The van der Waals surface area contributed by atoms with Crippen molar-refractivity contribution in [2.24, 2.45) is 0 Å². The van der Waals surface area contributed by atoms with E-state index in [0.29, 0.717) is 11.5 Å². The Morgan fingerprint density at radius 1 is 1.14 bits per heavy atom. The molecule has 1 amide bonds. The van der Waals surface area contributed by atoms with Gasteiger partial charge >= 0.3 is 0 Å². The lowest BCUT2D eigenvalue weighted by molar-refractivity contribution is 0.101. The minimum atomic E-state index is -0.952. The van der Waals surface area contributed by atoms with Crippen molar-refractivity contribution >= 4 is 17.3 Å². The molecule has 7 heteroatoms. The molecule has 0 bridgehead atoms. The van der Waals surface area contributed by atoms with Gasteiger partial charge in [-0.25, -0.2) is 8.78 Å². The van der Waals surface area contributed by atoms with Gasteiger partial charge in [0.2, 0.25) is 6.79 Å². The summed E-state index contributed by atoms with van der Waals surface area (Å²) in [5.74, 6) is -1.99. The molecule has 2 aromatic carbocycles. The second-order valence-electron chi connectivity index (χ2n) is 4.34. The lowest BCUT2D eigenvalue weighted by Gasteiger charge is -2.10. The largest absolute Gasteiger partial charge is 0.454 e. The van der Waals surface area contributed by atoms with E-state index in [2.05, 4.69) is 5.32 Å². The lowest BCUT2D eigenvalue weighted by atomic mass is 10.1. The summed E-state index contributed by atoms with van der Waals surface area (Å²) in [5, 5.41) is 2.36. The van der Waals surface area contributed by atoms with Crippen molar-refractivity contribution in [2.45, 2.75) is 0 Å². The smallest absolute Gasteiger partial charge is 0.261 e. The van der Waals surface area contributed by atoms with Crippen molar-refractivity contribution in [3.63, 3.8) is 0 Å². The summed E-state index contributed by atoms with van der Waals surface area (Å²) in [7, 11) is 0. The zero-order valence-corrected chi connectivity index (χ0v) is 10.7. The van der Waals surface area contributed by atoms with Gasteiger partial charge in [-0.2, -0.15) is 0 Å². The third-order valence-electron chi connectivity index (χ3n) is 2.98. The van der Waals surface area contributed by atoms with Gasteiger partial charge in [-0.3, -0.25) is 4.79 Å². The average Bonchev–Trinajstić information content (AvgIpc) is 2.86. The predicted molar refractivity (Wildman–Crippen MR) is 71.3 cm³/mol. The number of carbonyl (C=O) groups is 1. The predicted octanol–water partition coefficient (Wildman–Crippen LogP) is 2.53. The van der Waals surface area contributed by atoms with Crippen LogP contribution in [-0.2, 0) is 0 Å². The van der Waals surface area contributed by atoms with E-state index in [1.54, 1.807) is 0 Å². The number of nitrogens with one attached hydrogen (secondary N) is 1. The van der Waals surface area contributed by atoms with Crippen LogP contribution in [0, 0.1) is 11.6 Å². The van der Waals surface area contributed by atoms with Gasteiger partial charge in [0.15, 0.2) is 11.5 Å². The van der Waals surface area contributed by atoms with Crippen LogP contribution in [0.1, 0.15) is 10.4 Å². The van der Waals surface area contributed by atoms with Crippen molar-refractivity contribution in [3.8, 4) is 11.5 Å².